The molecule has 0 fully saturated rings. The molecule has 20 heavy (non-hydrogen) atoms. The van der Waals surface area contributed by atoms with Crippen LogP contribution in [0.4, 0.5) is 5.69 Å². The summed E-state index contributed by atoms with van der Waals surface area (Å²) < 4.78 is 7.14. The van der Waals surface area contributed by atoms with Gasteiger partial charge in [-0.25, -0.2) is 0 Å². The van der Waals surface area contributed by atoms with Crippen LogP contribution in [-0.4, -0.2) is 24.2 Å². The highest BCUT2D eigenvalue weighted by molar-refractivity contribution is 5.93. The Morgan fingerprint density at radius 3 is 2.90 bits per heavy atom. The summed E-state index contributed by atoms with van der Waals surface area (Å²) in [6.45, 7) is 3.75. The maximum Gasteiger partial charge on any atom is 0.224 e. The summed E-state index contributed by atoms with van der Waals surface area (Å²) in [4.78, 5) is 11.8. The molecular weight excluding hydrogens is 252 g/mol. The highest BCUT2D eigenvalue weighted by Crippen LogP contribution is 2.20. The van der Waals surface area contributed by atoms with Gasteiger partial charge in [0.25, 0.3) is 0 Å². The zero-order valence-electron chi connectivity index (χ0n) is 12.2. The van der Waals surface area contributed by atoms with Gasteiger partial charge in [-0.15, -0.1) is 0 Å². The second-order valence-corrected chi connectivity index (χ2v) is 4.87. The molecule has 108 valence electrons. The SMILES string of the molecule is CCn1ccc2ccc(NC(=O)CCCCOC)cc21. The van der Waals surface area contributed by atoms with Gasteiger partial charge in [0, 0.05) is 38.6 Å². The summed E-state index contributed by atoms with van der Waals surface area (Å²) in [6, 6.07) is 8.12. The van der Waals surface area contributed by atoms with Crippen molar-refractivity contribution in [3.8, 4) is 0 Å². The Hall–Kier alpha value is -1.81. The van der Waals surface area contributed by atoms with E-state index in [0.717, 1.165) is 30.6 Å². The Labute approximate surface area is 119 Å². The van der Waals surface area contributed by atoms with Gasteiger partial charge < -0.3 is 14.6 Å². The van der Waals surface area contributed by atoms with Crippen molar-refractivity contribution in [3.63, 3.8) is 0 Å². The molecule has 1 aromatic heterocycles. The fraction of sp³-hybridized carbons (Fsp3) is 0.438. The van der Waals surface area contributed by atoms with E-state index in [-0.39, 0.29) is 5.91 Å². The topological polar surface area (TPSA) is 43.3 Å². The van der Waals surface area contributed by atoms with Gasteiger partial charge >= 0.3 is 0 Å². The number of hydrogen-bond donors (Lipinski definition) is 1. The summed E-state index contributed by atoms with van der Waals surface area (Å²) in [5.41, 5.74) is 2.02. The van der Waals surface area contributed by atoms with Gasteiger partial charge in [0.1, 0.15) is 0 Å². The number of hydrogen-bond acceptors (Lipinski definition) is 2. The Kier molecular flexibility index (Phi) is 5.18. The van der Waals surface area contributed by atoms with E-state index in [1.807, 2.05) is 18.2 Å². The number of aromatic nitrogens is 1. The number of unbranched alkanes of at least 4 members (excludes halogenated alkanes) is 1. The molecule has 1 N–H and O–H groups in total. The highest BCUT2D eigenvalue weighted by atomic mass is 16.5. The zero-order chi connectivity index (χ0) is 14.4. The molecule has 2 aromatic rings. The molecule has 1 heterocycles. The third-order valence-electron chi connectivity index (χ3n) is 3.40. The number of nitrogens with zero attached hydrogens (tertiary/aromatic N) is 1. The molecule has 0 radical (unpaired) electrons. The fourth-order valence-corrected chi connectivity index (χ4v) is 2.29. The highest BCUT2D eigenvalue weighted by Gasteiger charge is 2.05. The standard InChI is InChI=1S/C16H22N2O2/c1-3-18-10-9-13-7-8-14(12-15(13)18)17-16(19)6-4-5-11-20-2/h7-10,12H,3-6,11H2,1-2H3,(H,17,19). The van der Waals surface area contributed by atoms with Crippen molar-refractivity contribution in [2.24, 2.45) is 0 Å². The predicted octanol–water partition coefficient (Wildman–Crippen LogP) is 3.42. The first kappa shape index (κ1) is 14.6. The van der Waals surface area contributed by atoms with Gasteiger partial charge in [0.15, 0.2) is 0 Å². The van der Waals surface area contributed by atoms with E-state index in [0.29, 0.717) is 13.0 Å². The number of aryl methyl sites for hydroxylation is 1. The Bertz CT molecular complexity index is 575. The average Bonchev–Trinajstić information content (AvgIpc) is 2.86. The number of amides is 1. The molecule has 0 saturated heterocycles. The van der Waals surface area contributed by atoms with E-state index < -0.39 is 0 Å². The third-order valence-corrected chi connectivity index (χ3v) is 3.40. The molecule has 0 spiro atoms. The molecule has 0 unspecified atom stereocenters. The van der Waals surface area contributed by atoms with E-state index >= 15 is 0 Å². The average molecular weight is 274 g/mol. The van der Waals surface area contributed by atoms with E-state index in [4.69, 9.17) is 4.74 Å². The van der Waals surface area contributed by atoms with E-state index in [1.54, 1.807) is 7.11 Å². The van der Waals surface area contributed by atoms with E-state index in [9.17, 15) is 4.79 Å². The molecule has 0 aliphatic heterocycles. The largest absolute Gasteiger partial charge is 0.385 e. The van der Waals surface area contributed by atoms with Crippen molar-refractivity contribution in [2.45, 2.75) is 32.7 Å². The van der Waals surface area contributed by atoms with Crippen LogP contribution in [0.1, 0.15) is 26.2 Å². The normalized spacial score (nSPS) is 10.9. The first-order valence-electron chi connectivity index (χ1n) is 7.12. The zero-order valence-corrected chi connectivity index (χ0v) is 12.2. The first-order valence-corrected chi connectivity index (χ1v) is 7.12. The van der Waals surface area contributed by atoms with Crippen LogP contribution in [0, 0.1) is 0 Å². The molecule has 0 aliphatic carbocycles. The van der Waals surface area contributed by atoms with Gasteiger partial charge in [-0.1, -0.05) is 6.07 Å². The van der Waals surface area contributed by atoms with Gasteiger partial charge in [-0.3, -0.25) is 4.79 Å². The van der Waals surface area contributed by atoms with Crippen LogP contribution in [0.2, 0.25) is 0 Å². The van der Waals surface area contributed by atoms with Crippen LogP contribution in [0.25, 0.3) is 10.9 Å². The van der Waals surface area contributed by atoms with Crippen LogP contribution in [0.5, 0.6) is 0 Å². The van der Waals surface area contributed by atoms with Gasteiger partial charge in [0.05, 0.1) is 5.52 Å². The molecule has 4 heteroatoms. The lowest BCUT2D eigenvalue weighted by Gasteiger charge is -2.07. The summed E-state index contributed by atoms with van der Waals surface area (Å²) in [7, 11) is 1.68. The van der Waals surface area contributed by atoms with Crippen LogP contribution < -0.4 is 5.32 Å². The number of carbonyl (C=O) groups is 1. The van der Waals surface area contributed by atoms with Crippen LogP contribution >= 0.6 is 0 Å². The van der Waals surface area contributed by atoms with Crippen LogP contribution in [-0.2, 0) is 16.1 Å². The number of fused-ring (bicyclic) bond motifs is 1. The minimum atomic E-state index is 0.0649. The molecule has 1 aromatic carbocycles. The smallest absolute Gasteiger partial charge is 0.224 e. The third kappa shape index (κ3) is 3.61. The van der Waals surface area contributed by atoms with E-state index in [2.05, 4.69) is 29.1 Å². The maximum absolute atomic E-state index is 11.8. The number of methoxy groups -OCH3 is 1. The number of nitrogens with one attached hydrogen (secondary N) is 1. The van der Waals surface area contributed by atoms with Gasteiger partial charge in [-0.2, -0.15) is 0 Å². The van der Waals surface area contributed by atoms with Crippen molar-refractivity contribution >= 4 is 22.5 Å². The number of anilines is 1. The fourth-order valence-electron chi connectivity index (χ4n) is 2.29. The summed E-state index contributed by atoms with van der Waals surface area (Å²) in [5, 5.41) is 4.16. The maximum atomic E-state index is 11.8. The molecule has 0 saturated carbocycles. The van der Waals surface area contributed by atoms with Crippen molar-refractivity contribution in [1.29, 1.82) is 0 Å². The quantitative estimate of drug-likeness (QED) is 0.786. The second-order valence-electron chi connectivity index (χ2n) is 4.87. The Balaban J connectivity index is 1.97. The molecule has 0 aliphatic rings. The first-order chi connectivity index (χ1) is 9.74. The number of benzene rings is 1. The molecule has 4 nitrogen and oxygen atoms in total. The number of rotatable bonds is 7. The van der Waals surface area contributed by atoms with Crippen molar-refractivity contribution in [3.05, 3.63) is 30.5 Å². The van der Waals surface area contributed by atoms with Crippen molar-refractivity contribution in [1.82, 2.24) is 4.57 Å². The van der Waals surface area contributed by atoms with E-state index in [1.165, 1.54) is 5.39 Å². The molecule has 0 bridgehead atoms. The Morgan fingerprint density at radius 1 is 1.30 bits per heavy atom. The predicted molar refractivity (Wildman–Crippen MR) is 82.0 cm³/mol. The van der Waals surface area contributed by atoms with Gasteiger partial charge in [0.2, 0.25) is 5.91 Å². The lowest BCUT2D eigenvalue weighted by molar-refractivity contribution is -0.116. The lowest BCUT2D eigenvalue weighted by Crippen LogP contribution is -2.11. The molecule has 1 amide bonds. The van der Waals surface area contributed by atoms with Crippen LogP contribution in [0.15, 0.2) is 30.5 Å². The molecule has 2 rings (SSSR count). The summed E-state index contributed by atoms with van der Waals surface area (Å²) >= 11 is 0. The Morgan fingerprint density at radius 2 is 2.15 bits per heavy atom. The molecular formula is C16H22N2O2. The van der Waals surface area contributed by atoms with Crippen molar-refractivity contribution in [2.75, 3.05) is 19.0 Å². The summed E-state index contributed by atoms with van der Waals surface area (Å²) in [6.07, 6.45) is 4.38. The molecule has 0 atom stereocenters. The number of ether oxygens (including phenoxy) is 1. The minimum Gasteiger partial charge on any atom is -0.385 e. The van der Waals surface area contributed by atoms with Gasteiger partial charge in [-0.05, 0) is 43.4 Å². The summed E-state index contributed by atoms with van der Waals surface area (Å²) in [5.74, 6) is 0.0649. The van der Waals surface area contributed by atoms with Crippen molar-refractivity contribution < 1.29 is 9.53 Å². The second kappa shape index (κ2) is 7.10. The number of carbonyl (C=O) groups excluding carboxylic acids is 1. The minimum absolute atomic E-state index is 0.0649. The van der Waals surface area contributed by atoms with Crippen LogP contribution in [0.3, 0.4) is 0 Å². The lowest BCUT2D eigenvalue weighted by atomic mass is 10.2. The monoisotopic (exact) mass is 274 g/mol.